The number of hydrogen-bond acceptors (Lipinski definition) is 3. The molecule has 2 amide bonds. The number of benzene rings is 2. The summed E-state index contributed by atoms with van der Waals surface area (Å²) in [4.78, 5) is 23.9. The van der Waals surface area contributed by atoms with Crippen molar-refractivity contribution >= 4 is 23.4 Å². The summed E-state index contributed by atoms with van der Waals surface area (Å²) >= 11 is 0. The van der Waals surface area contributed by atoms with E-state index >= 15 is 0 Å². The predicted molar refractivity (Wildman–Crippen MR) is 95.6 cm³/mol. The Labute approximate surface area is 142 Å². The molecule has 2 rings (SSSR count). The number of hydrogen-bond donors (Lipinski definition) is 2. The van der Waals surface area contributed by atoms with Crippen LogP contribution in [-0.2, 0) is 4.74 Å². The fraction of sp³-hybridized carbons (Fsp3) is 0.263. The molecule has 0 unspecified atom stereocenters. The molecule has 0 aliphatic heterocycles. The maximum absolute atomic E-state index is 12.4. The van der Waals surface area contributed by atoms with Crippen LogP contribution in [0.4, 0.5) is 16.2 Å². The predicted octanol–water partition coefficient (Wildman–Crippen LogP) is 4.63. The van der Waals surface area contributed by atoms with Gasteiger partial charge in [-0.2, -0.15) is 0 Å². The average Bonchev–Trinajstić information content (AvgIpc) is 2.55. The van der Waals surface area contributed by atoms with Crippen LogP contribution in [0.3, 0.4) is 0 Å². The third kappa shape index (κ3) is 4.84. The van der Waals surface area contributed by atoms with Crippen molar-refractivity contribution in [3.63, 3.8) is 0 Å². The van der Waals surface area contributed by atoms with Gasteiger partial charge in [0.05, 0.1) is 6.61 Å². The highest BCUT2D eigenvalue weighted by Crippen LogP contribution is 2.19. The molecule has 24 heavy (non-hydrogen) atoms. The van der Waals surface area contributed by atoms with Crippen molar-refractivity contribution in [3.05, 3.63) is 59.7 Å². The van der Waals surface area contributed by atoms with Crippen LogP contribution in [0.5, 0.6) is 0 Å². The molecule has 126 valence electrons. The molecule has 0 bridgehead atoms. The summed E-state index contributed by atoms with van der Waals surface area (Å²) in [6, 6.07) is 14.5. The Kier molecular flexibility index (Phi) is 5.95. The van der Waals surface area contributed by atoms with Gasteiger partial charge in [0.25, 0.3) is 5.91 Å². The number of ether oxygens (including phenoxy) is 1. The summed E-state index contributed by atoms with van der Waals surface area (Å²) in [5, 5.41) is 5.46. The Bertz CT molecular complexity index is 726. The zero-order valence-electron chi connectivity index (χ0n) is 14.1. The van der Waals surface area contributed by atoms with Crippen LogP contribution in [0.1, 0.15) is 42.6 Å². The molecule has 2 aromatic rings. The minimum atomic E-state index is -0.542. The van der Waals surface area contributed by atoms with Crippen LogP contribution in [0.15, 0.2) is 48.5 Å². The lowest BCUT2D eigenvalue weighted by atomic mass is 10.0. The van der Waals surface area contributed by atoms with E-state index in [1.165, 1.54) is 0 Å². The first-order valence-electron chi connectivity index (χ1n) is 7.94. The lowest BCUT2D eigenvalue weighted by molar-refractivity contribution is 0.102. The number of carbonyl (C=O) groups excluding carboxylic acids is 2. The molecular formula is C19H22N2O3. The number of amides is 2. The highest BCUT2D eigenvalue weighted by atomic mass is 16.5. The molecule has 0 aromatic heterocycles. The fourth-order valence-corrected chi connectivity index (χ4v) is 2.20. The van der Waals surface area contributed by atoms with Gasteiger partial charge in [-0.05, 0) is 48.7 Å². The quantitative estimate of drug-likeness (QED) is 0.841. The molecule has 0 radical (unpaired) electrons. The van der Waals surface area contributed by atoms with Gasteiger partial charge in [0.1, 0.15) is 0 Å². The molecule has 2 N–H and O–H groups in total. The van der Waals surface area contributed by atoms with Crippen molar-refractivity contribution in [2.24, 2.45) is 0 Å². The van der Waals surface area contributed by atoms with Crippen molar-refractivity contribution in [1.29, 1.82) is 0 Å². The molecule has 5 heteroatoms. The number of carbonyl (C=O) groups is 2. The molecule has 0 heterocycles. The first kappa shape index (κ1) is 17.5. The Morgan fingerprint density at radius 3 is 2.33 bits per heavy atom. The van der Waals surface area contributed by atoms with E-state index in [4.69, 9.17) is 4.74 Å². The lowest BCUT2D eigenvalue weighted by Gasteiger charge is -2.10. The van der Waals surface area contributed by atoms with Crippen molar-refractivity contribution in [3.8, 4) is 0 Å². The second-order valence-corrected chi connectivity index (χ2v) is 5.66. The summed E-state index contributed by atoms with van der Waals surface area (Å²) in [5.41, 5.74) is 2.87. The minimum absolute atomic E-state index is 0.233. The molecule has 2 aromatic carbocycles. The highest BCUT2D eigenvalue weighted by molar-refractivity contribution is 6.05. The summed E-state index contributed by atoms with van der Waals surface area (Å²) in [6.07, 6.45) is -0.542. The molecule has 0 spiro atoms. The molecule has 0 aliphatic rings. The van der Waals surface area contributed by atoms with Crippen molar-refractivity contribution in [2.45, 2.75) is 26.7 Å². The van der Waals surface area contributed by atoms with Gasteiger partial charge < -0.3 is 10.1 Å². The number of nitrogens with one attached hydrogen (secondary N) is 2. The van der Waals surface area contributed by atoms with E-state index in [1.54, 1.807) is 31.2 Å². The fourth-order valence-electron chi connectivity index (χ4n) is 2.20. The van der Waals surface area contributed by atoms with Crippen LogP contribution in [0.25, 0.3) is 0 Å². The average molecular weight is 326 g/mol. The van der Waals surface area contributed by atoms with Crippen LogP contribution >= 0.6 is 0 Å². The number of anilines is 2. The van der Waals surface area contributed by atoms with Gasteiger partial charge in [0.15, 0.2) is 0 Å². The van der Waals surface area contributed by atoms with E-state index in [0.717, 1.165) is 11.3 Å². The van der Waals surface area contributed by atoms with E-state index < -0.39 is 6.09 Å². The Morgan fingerprint density at radius 2 is 1.67 bits per heavy atom. The van der Waals surface area contributed by atoms with Crippen LogP contribution < -0.4 is 10.6 Å². The molecule has 0 fully saturated rings. The molecule has 0 saturated heterocycles. The molecule has 0 aliphatic carbocycles. The van der Waals surface area contributed by atoms with Crippen LogP contribution in [0, 0.1) is 0 Å². The SMILES string of the molecule is CCOC(=O)Nc1cccc(C(=O)Nc2cccc(C(C)C)c2)c1. The van der Waals surface area contributed by atoms with Gasteiger partial charge >= 0.3 is 6.09 Å². The topological polar surface area (TPSA) is 67.4 Å². The minimum Gasteiger partial charge on any atom is -0.450 e. The van der Waals surface area contributed by atoms with Gasteiger partial charge in [-0.25, -0.2) is 4.79 Å². The van der Waals surface area contributed by atoms with E-state index in [2.05, 4.69) is 24.5 Å². The maximum Gasteiger partial charge on any atom is 0.411 e. The van der Waals surface area contributed by atoms with Crippen molar-refractivity contribution in [1.82, 2.24) is 0 Å². The second kappa shape index (κ2) is 8.15. The van der Waals surface area contributed by atoms with Crippen LogP contribution in [-0.4, -0.2) is 18.6 Å². The molecule has 0 atom stereocenters. The Balaban J connectivity index is 2.10. The zero-order valence-corrected chi connectivity index (χ0v) is 14.1. The van der Waals surface area contributed by atoms with E-state index in [1.807, 2.05) is 24.3 Å². The summed E-state index contributed by atoms with van der Waals surface area (Å²) in [7, 11) is 0. The van der Waals surface area contributed by atoms with Crippen molar-refractivity contribution < 1.29 is 14.3 Å². The Hall–Kier alpha value is -2.82. The number of rotatable bonds is 5. The van der Waals surface area contributed by atoms with Gasteiger partial charge in [0.2, 0.25) is 0 Å². The smallest absolute Gasteiger partial charge is 0.411 e. The summed E-state index contributed by atoms with van der Waals surface area (Å²) < 4.78 is 4.83. The highest BCUT2D eigenvalue weighted by Gasteiger charge is 2.09. The maximum atomic E-state index is 12.4. The molecule has 5 nitrogen and oxygen atoms in total. The molecule has 0 saturated carbocycles. The van der Waals surface area contributed by atoms with Crippen molar-refractivity contribution in [2.75, 3.05) is 17.2 Å². The molecular weight excluding hydrogens is 304 g/mol. The van der Waals surface area contributed by atoms with Gasteiger partial charge in [0, 0.05) is 16.9 Å². The Morgan fingerprint density at radius 1 is 1.00 bits per heavy atom. The third-order valence-electron chi connectivity index (χ3n) is 3.46. The second-order valence-electron chi connectivity index (χ2n) is 5.66. The van der Waals surface area contributed by atoms with E-state index in [-0.39, 0.29) is 12.5 Å². The monoisotopic (exact) mass is 326 g/mol. The van der Waals surface area contributed by atoms with E-state index in [9.17, 15) is 9.59 Å². The largest absolute Gasteiger partial charge is 0.450 e. The third-order valence-corrected chi connectivity index (χ3v) is 3.46. The van der Waals surface area contributed by atoms with Crippen LogP contribution in [0.2, 0.25) is 0 Å². The van der Waals surface area contributed by atoms with Gasteiger partial charge in [-0.3, -0.25) is 10.1 Å². The van der Waals surface area contributed by atoms with E-state index in [0.29, 0.717) is 17.2 Å². The normalized spacial score (nSPS) is 10.3. The standard InChI is InChI=1S/C19H22N2O3/c1-4-24-19(23)21-17-10-6-8-15(12-17)18(22)20-16-9-5-7-14(11-16)13(2)3/h5-13H,4H2,1-3H3,(H,20,22)(H,21,23). The van der Waals surface area contributed by atoms with Gasteiger partial charge in [-0.15, -0.1) is 0 Å². The first-order valence-corrected chi connectivity index (χ1v) is 7.94. The zero-order chi connectivity index (χ0) is 17.5. The lowest BCUT2D eigenvalue weighted by Crippen LogP contribution is -2.15. The summed E-state index contributed by atoms with van der Waals surface area (Å²) in [5.74, 6) is 0.155. The van der Waals surface area contributed by atoms with Gasteiger partial charge in [-0.1, -0.05) is 32.0 Å². The first-order chi connectivity index (χ1) is 11.5. The summed E-state index contributed by atoms with van der Waals surface area (Å²) in [6.45, 7) is 6.23.